The number of nitrogens with zero attached hydrogens (tertiary/aromatic N) is 1. The number of ether oxygens (including phenoxy) is 1. The molecule has 1 unspecified atom stereocenters. The zero-order chi connectivity index (χ0) is 15.5. The lowest BCUT2D eigenvalue weighted by Gasteiger charge is -2.34. The van der Waals surface area contributed by atoms with E-state index in [2.05, 4.69) is 34.5 Å². The Morgan fingerprint density at radius 3 is 2.23 bits per heavy atom. The van der Waals surface area contributed by atoms with Crippen LogP contribution < -0.4 is 10.2 Å². The van der Waals surface area contributed by atoms with Crippen molar-refractivity contribution in [3.05, 3.63) is 48.5 Å². The number of para-hydroxylation sites is 2. The third-order valence-corrected chi connectivity index (χ3v) is 4.61. The number of hydrogen-bond acceptors (Lipinski definition) is 4. The van der Waals surface area contributed by atoms with E-state index in [1.165, 1.54) is 9.79 Å². The zero-order valence-corrected chi connectivity index (χ0v) is 13.4. The fourth-order valence-corrected chi connectivity index (χ4v) is 3.61. The van der Waals surface area contributed by atoms with E-state index in [0.717, 1.165) is 11.4 Å². The molecule has 1 atom stereocenters. The summed E-state index contributed by atoms with van der Waals surface area (Å²) >= 11 is 1.77. The summed E-state index contributed by atoms with van der Waals surface area (Å²) in [5.41, 5.74) is 2.30. The van der Waals surface area contributed by atoms with Crippen LogP contribution in [0.5, 0.6) is 0 Å². The van der Waals surface area contributed by atoms with Crippen molar-refractivity contribution in [3.63, 3.8) is 0 Å². The molecule has 1 aliphatic rings. The van der Waals surface area contributed by atoms with Crippen LogP contribution in [0.25, 0.3) is 0 Å². The third kappa shape index (κ3) is 2.90. The van der Waals surface area contributed by atoms with Gasteiger partial charge in [0.25, 0.3) is 0 Å². The van der Waals surface area contributed by atoms with Crippen molar-refractivity contribution in [1.29, 1.82) is 0 Å². The van der Waals surface area contributed by atoms with Crippen molar-refractivity contribution < 1.29 is 9.53 Å². The Morgan fingerprint density at radius 2 is 1.68 bits per heavy atom. The van der Waals surface area contributed by atoms with E-state index >= 15 is 0 Å². The summed E-state index contributed by atoms with van der Waals surface area (Å²) in [6, 6.07) is 16.6. The smallest absolute Gasteiger partial charge is 0.407 e. The van der Waals surface area contributed by atoms with E-state index in [-0.39, 0.29) is 6.10 Å². The van der Waals surface area contributed by atoms with Gasteiger partial charge < -0.3 is 15.0 Å². The first-order valence-electron chi connectivity index (χ1n) is 7.21. The first-order valence-corrected chi connectivity index (χ1v) is 8.02. The number of anilines is 2. The highest BCUT2D eigenvalue weighted by Crippen LogP contribution is 2.47. The van der Waals surface area contributed by atoms with Gasteiger partial charge in [-0.05, 0) is 31.2 Å². The molecular weight excluding hydrogens is 296 g/mol. The molecule has 0 aromatic heterocycles. The predicted octanol–water partition coefficient (Wildman–Crippen LogP) is 4.03. The topological polar surface area (TPSA) is 41.6 Å². The number of fused-ring (bicyclic) bond motifs is 2. The number of hydrogen-bond donors (Lipinski definition) is 1. The van der Waals surface area contributed by atoms with Gasteiger partial charge in [0.2, 0.25) is 0 Å². The van der Waals surface area contributed by atoms with Gasteiger partial charge >= 0.3 is 6.09 Å². The van der Waals surface area contributed by atoms with E-state index in [1.54, 1.807) is 18.8 Å². The van der Waals surface area contributed by atoms with E-state index in [9.17, 15) is 4.79 Å². The molecular formula is C17H18N2O2S. The monoisotopic (exact) mass is 314 g/mol. The zero-order valence-electron chi connectivity index (χ0n) is 12.6. The highest BCUT2D eigenvalue weighted by molar-refractivity contribution is 7.99. The molecule has 0 radical (unpaired) electrons. The maximum atomic E-state index is 11.4. The van der Waals surface area contributed by atoms with E-state index < -0.39 is 6.09 Å². The number of rotatable bonds is 3. The summed E-state index contributed by atoms with van der Waals surface area (Å²) in [4.78, 5) is 16.0. The lowest BCUT2D eigenvalue weighted by atomic mass is 10.2. The summed E-state index contributed by atoms with van der Waals surface area (Å²) in [5.74, 6) is 0. The molecule has 3 rings (SSSR count). The van der Waals surface area contributed by atoms with Crippen molar-refractivity contribution in [2.45, 2.75) is 22.8 Å². The molecule has 0 spiro atoms. The Bertz CT molecular complexity index is 644. The first-order chi connectivity index (χ1) is 10.7. The van der Waals surface area contributed by atoms with Gasteiger partial charge in [-0.15, -0.1) is 0 Å². The van der Waals surface area contributed by atoms with E-state index in [1.807, 2.05) is 31.2 Å². The summed E-state index contributed by atoms with van der Waals surface area (Å²) in [7, 11) is 1.57. The molecule has 0 aliphatic carbocycles. The Morgan fingerprint density at radius 1 is 1.14 bits per heavy atom. The van der Waals surface area contributed by atoms with Crippen LogP contribution in [-0.4, -0.2) is 25.8 Å². The largest absolute Gasteiger partial charge is 0.445 e. The van der Waals surface area contributed by atoms with Crippen LogP contribution in [0.3, 0.4) is 0 Å². The summed E-state index contributed by atoms with van der Waals surface area (Å²) in [6.07, 6.45) is -0.621. The predicted molar refractivity (Wildman–Crippen MR) is 89.0 cm³/mol. The van der Waals surface area contributed by atoms with E-state index in [4.69, 9.17) is 4.74 Å². The second-order valence-corrected chi connectivity index (χ2v) is 6.20. The quantitative estimate of drug-likeness (QED) is 0.928. The number of carbonyl (C=O) groups is 1. The molecule has 2 aromatic rings. The van der Waals surface area contributed by atoms with Gasteiger partial charge in [-0.2, -0.15) is 0 Å². The Balaban J connectivity index is 1.91. The molecule has 4 nitrogen and oxygen atoms in total. The number of amides is 1. The molecule has 0 saturated heterocycles. The molecule has 0 fully saturated rings. The molecule has 5 heteroatoms. The van der Waals surface area contributed by atoms with Gasteiger partial charge in [-0.1, -0.05) is 36.0 Å². The maximum Gasteiger partial charge on any atom is 0.407 e. The van der Waals surface area contributed by atoms with Crippen LogP contribution in [0, 0.1) is 0 Å². The fourth-order valence-electron chi connectivity index (χ4n) is 2.51. The first kappa shape index (κ1) is 14.8. The number of nitrogens with one attached hydrogen (secondary N) is 1. The van der Waals surface area contributed by atoms with Gasteiger partial charge in [-0.3, -0.25) is 0 Å². The van der Waals surface area contributed by atoms with Gasteiger partial charge in [0.1, 0.15) is 6.10 Å². The highest BCUT2D eigenvalue weighted by atomic mass is 32.2. The number of carbonyl (C=O) groups excluding carboxylic acids is 1. The van der Waals surface area contributed by atoms with Gasteiger partial charge in [0.15, 0.2) is 0 Å². The van der Waals surface area contributed by atoms with Crippen LogP contribution in [0.2, 0.25) is 0 Å². The lowest BCUT2D eigenvalue weighted by molar-refractivity contribution is 0.112. The minimum atomic E-state index is -0.402. The summed E-state index contributed by atoms with van der Waals surface area (Å²) < 4.78 is 5.33. The molecule has 1 heterocycles. The molecule has 1 N–H and O–H groups in total. The third-order valence-electron chi connectivity index (χ3n) is 3.48. The van der Waals surface area contributed by atoms with Gasteiger partial charge in [0, 0.05) is 16.8 Å². The van der Waals surface area contributed by atoms with Crippen molar-refractivity contribution in [2.75, 3.05) is 18.5 Å². The normalized spacial score (nSPS) is 13.8. The minimum absolute atomic E-state index is 0.218. The Labute approximate surface area is 134 Å². The Kier molecular flexibility index (Phi) is 4.24. The molecule has 0 bridgehead atoms. The number of benzene rings is 2. The second-order valence-electron chi connectivity index (χ2n) is 5.11. The van der Waals surface area contributed by atoms with Gasteiger partial charge in [0.05, 0.1) is 17.9 Å². The highest BCUT2D eigenvalue weighted by Gasteiger charge is 2.24. The van der Waals surface area contributed by atoms with Crippen LogP contribution in [0.1, 0.15) is 6.92 Å². The SMILES string of the molecule is CNC(=O)OC(C)CN1c2ccccc2Sc2ccccc21. The standard InChI is InChI=1S/C17H18N2O2S/c1-12(21-17(20)18-2)11-19-13-7-3-5-9-15(13)22-16-10-6-4-8-14(16)19/h3-10,12H,11H2,1-2H3,(H,18,20). The summed E-state index contributed by atoms with van der Waals surface area (Å²) in [6.45, 7) is 2.52. The summed E-state index contributed by atoms with van der Waals surface area (Å²) in [5, 5.41) is 2.49. The van der Waals surface area contributed by atoms with E-state index in [0.29, 0.717) is 6.54 Å². The molecule has 0 saturated carbocycles. The number of alkyl carbamates (subject to hydrolysis) is 1. The van der Waals surface area contributed by atoms with Crippen LogP contribution in [-0.2, 0) is 4.74 Å². The molecule has 1 aliphatic heterocycles. The van der Waals surface area contributed by atoms with Crippen LogP contribution in [0.4, 0.5) is 16.2 Å². The molecule has 114 valence electrons. The molecule has 22 heavy (non-hydrogen) atoms. The average Bonchev–Trinajstić information content (AvgIpc) is 2.54. The molecule has 1 amide bonds. The van der Waals surface area contributed by atoms with Crippen molar-refractivity contribution in [3.8, 4) is 0 Å². The van der Waals surface area contributed by atoms with Crippen molar-refractivity contribution in [1.82, 2.24) is 5.32 Å². The minimum Gasteiger partial charge on any atom is -0.445 e. The average molecular weight is 314 g/mol. The second kappa shape index (κ2) is 6.32. The Hall–Kier alpha value is -2.14. The van der Waals surface area contributed by atoms with Crippen LogP contribution in [0.15, 0.2) is 58.3 Å². The molecule has 2 aromatic carbocycles. The van der Waals surface area contributed by atoms with Gasteiger partial charge in [-0.25, -0.2) is 4.79 Å². The lowest BCUT2D eigenvalue weighted by Crippen LogP contribution is -2.34. The fraction of sp³-hybridized carbons (Fsp3) is 0.235. The maximum absolute atomic E-state index is 11.4. The van der Waals surface area contributed by atoms with Crippen LogP contribution >= 0.6 is 11.8 Å². The van der Waals surface area contributed by atoms with Crippen molar-refractivity contribution in [2.24, 2.45) is 0 Å². The van der Waals surface area contributed by atoms with Crippen molar-refractivity contribution >= 4 is 29.2 Å².